The zero-order chi connectivity index (χ0) is 19.3. The molecule has 1 aliphatic rings. The maximum Gasteiger partial charge on any atom is 0.240 e. The van der Waals surface area contributed by atoms with Gasteiger partial charge in [0.1, 0.15) is 0 Å². The van der Waals surface area contributed by atoms with Crippen molar-refractivity contribution in [2.75, 3.05) is 37.6 Å². The summed E-state index contributed by atoms with van der Waals surface area (Å²) in [7, 11) is -3.64. The molecule has 0 aliphatic carbocycles. The number of piperazine rings is 1. The standard InChI is InChI=1S/C18H21ClN4O3S/c19-15-1-3-17(4-2-15)27(25,26)21-10-7-18(24)23-13-11-22(12-14-23)16-5-8-20-9-6-16/h1-6,8-9,21H,7,10-14H2/p+1. The van der Waals surface area contributed by atoms with Crippen LogP contribution in [0.15, 0.2) is 53.7 Å². The number of sulfonamides is 1. The number of amides is 1. The molecule has 2 heterocycles. The first-order valence-electron chi connectivity index (χ1n) is 8.70. The largest absolute Gasteiger partial charge is 0.368 e. The van der Waals surface area contributed by atoms with E-state index in [9.17, 15) is 13.2 Å². The fourth-order valence-electron chi connectivity index (χ4n) is 2.95. The Hall–Kier alpha value is -2.16. The van der Waals surface area contributed by atoms with Crippen LogP contribution in [0, 0.1) is 0 Å². The molecule has 0 spiro atoms. The Balaban J connectivity index is 1.45. The molecular weight excluding hydrogens is 388 g/mol. The Morgan fingerprint density at radius 2 is 1.67 bits per heavy atom. The SMILES string of the molecule is O=C(CCNS(=O)(=O)c1ccc(Cl)cc1)N1CCN(c2cc[nH+]cc2)CC1. The summed E-state index contributed by atoms with van der Waals surface area (Å²) in [5.41, 5.74) is 1.12. The van der Waals surface area contributed by atoms with Gasteiger partial charge in [-0.15, -0.1) is 0 Å². The molecule has 0 radical (unpaired) electrons. The number of hydrogen-bond acceptors (Lipinski definition) is 4. The van der Waals surface area contributed by atoms with Crippen LogP contribution >= 0.6 is 11.6 Å². The maximum absolute atomic E-state index is 12.4. The Kier molecular flexibility index (Phi) is 6.30. The van der Waals surface area contributed by atoms with Crippen LogP contribution in [-0.4, -0.2) is 51.9 Å². The Morgan fingerprint density at radius 1 is 1.04 bits per heavy atom. The van der Waals surface area contributed by atoms with Crippen molar-refractivity contribution in [3.05, 3.63) is 53.8 Å². The van der Waals surface area contributed by atoms with Crippen LogP contribution in [0.4, 0.5) is 5.69 Å². The lowest BCUT2D eigenvalue weighted by Crippen LogP contribution is -2.49. The summed E-state index contributed by atoms with van der Waals surface area (Å²) in [6, 6.07) is 9.92. The fraction of sp³-hybridized carbons (Fsp3) is 0.333. The second-order valence-corrected chi connectivity index (χ2v) is 8.43. The number of carbonyl (C=O) groups is 1. The smallest absolute Gasteiger partial charge is 0.240 e. The summed E-state index contributed by atoms with van der Waals surface area (Å²) < 4.78 is 26.9. The summed E-state index contributed by atoms with van der Waals surface area (Å²) in [5.74, 6) is -0.0464. The Labute approximate surface area is 164 Å². The Bertz CT molecular complexity index is 867. The molecule has 1 aromatic carbocycles. The van der Waals surface area contributed by atoms with Crippen LogP contribution < -0.4 is 14.6 Å². The Morgan fingerprint density at radius 3 is 2.30 bits per heavy atom. The van der Waals surface area contributed by atoms with E-state index in [0.717, 1.165) is 18.8 Å². The minimum atomic E-state index is -3.64. The summed E-state index contributed by atoms with van der Waals surface area (Å²) in [4.78, 5) is 19.5. The van der Waals surface area contributed by atoms with Crippen molar-refractivity contribution >= 4 is 33.2 Å². The van der Waals surface area contributed by atoms with Gasteiger partial charge in [-0.2, -0.15) is 0 Å². The molecule has 0 bridgehead atoms. The fourth-order valence-corrected chi connectivity index (χ4v) is 4.11. The number of anilines is 1. The van der Waals surface area contributed by atoms with Crippen molar-refractivity contribution in [2.24, 2.45) is 0 Å². The summed E-state index contributed by atoms with van der Waals surface area (Å²) in [5, 5.41) is 0.469. The maximum atomic E-state index is 12.4. The lowest BCUT2D eigenvalue weighted by atomic mass is 10.2. The number of pyridine rings is 1. The van der Waals surface area contributed by atoms with Crippen molar-refractivity contribution in [1.82, 2.24) is 9.62 Å². The highest BCUT2D eigenvalue weighted by Crippen LogP contribution is 2.15. The number of H-pyrrole nitrogens is 1. The van der Waals surface area contributed by atoms with Gasteiger partial charge in [0.15, 0.2) is 12.4 Å². The minimum absolute atomic E-state index is 0.0464. The van der Waals surface area contributed by atoms with Crippen LogP contribution in [0.2, 0.25) is 5.02 Å². The third-order valence-corrected chi connectivity index (χ3v) is 6.18. The monoisotopic (exact) mass is 409 g/mol. The van der Waals surface area contributed by atoms with Gasteiger partial charge in [-0.25, -0.2) is 18.1 Å². The number of halogens is 1. The van der Waals surface area contributed by atoms with E-state index in [4.69, 9.17) is 11.6 Å². The van der Waals surface area contributed by atoms with Crippen LogP contribution in [0.5, 0.6) is 0 Å². The lowest BCUT2D eigenvalue weighted by Gasteiger charge is -2.35. The molecule has 7 nitrogen and oxygen atoms in total. The molecule has 1 fully saturated rings. The second-order valence-electron chi connectivity index (χ2n) is 6.23. The first-order chi connectivity index (χ1) is 13.0. The molecular formula is C18H22ClN4O3S+. The van der Waals surface area contributed by atoms with Gasteiger partial charge in [0.05, 0.1) is 4.90 Å². The van der Waals surface area contributed by atoms with Crippen molar-refractivity contribution < 1.29 is 18.2 Å². The highest BCUT2D eigenvalue weighted by Gasteiger charge is 2.22. The van der Waals surface area contributed by atoms with Crippen molar-refractivity contribution in [3.63, 3.8) is 0 Å². The van der Waals surface area contributed by atoms with Crippen LogP contribution in [0.1, 0.15) is 6.42 Å². The highest BCUT2D eigenvalue weighted by molar-refractivity contribution is 7.89. The molecule has 1 aromatic heterocycles. The lowest BCUT2D eigenvalue weighted by molar-refractivity contribution is -0.377. The first-order valence-corrected chi connectivity index (χ1v) is 10.6. The zero-order valence-electron chi connectivity index (χ0n) is 14.8. The van der Waals surface area contributed by atoms with E-state index < -0.39 is 10.0 Å². The molecule has 27 heavy (non-hydrogen) atoms. The van der Waals surface area contributed by atoms with E-state index in [2.05, 4.69) is 14.6 Å². The number of nitrogens with one attached hydrogen (secondary N) is 2. The zero-order valence-corrected chi connectivity index (χ0v) is 16.3. The number of aromatic nitrogens is 1. The second kappa shape index (κ2) is 8.69. The molecule has 3 rings (SSSR count). The van der Waals surface area contributed by atoms with Gasteiger partial charge in [-0.05, 0) is 24.3 Å². The molecule has 1 amide bonds. The third kappa shape index (κ3) is 5.18. The van der Waals surface area contributed by atoms with E-state index >= 15 is 0 Å². The van der Waals surface area contributed by atoms with Gasteiger partial charge in [0, 0.05) is 62.0 Å². The van der Waals surface area contributed by atoms with Gasteiger partial charge >= 0.3 is 0 Å². The number of hydrogen-bond donors (Lipinski definition) is 1. The van der Waals surface area contributed by atoms with Gasteiger partial charge in [0.25, 0.3) is 0 Å². The first kappa shape index (κ1) is 19.6. The van der Waals surface area contributed by atoms with Crippen molar-refractivity contribution in [2.45, 2.75) is 11.3 Å². The number of carbonyl (C=O) groups excluding carboxylic acids is 1. The van der Waals surface area contributed by atoms with E-state index in [1.807, 2.05) is 24.5 Å². The van der Waals surface area contributed by atoms with E-state index in [1.54, 1.807) is 4.90 Å². The number of aromatic amines is 1. The number of nitrogens with zero attached hydrogens (tertiary/aromatic N) is 2. The quantitative estimate of drug-likeness (QED) is 0.776. The molecule has 9 heteroatoms. The normalized spacial score (nSPS) is 15.0. The molecule has 144 valence electrons. The summed E-state index contributed by atoms with van der Waals surface area (Å²) in [6.45, 7) is 2.83. The van der Waals surface area contributed by atoms with E-state index in [0.29, 0.717) is 18.1 Å². The predicted octanol–water partition coefficient (Wildman–Crippen LogP) is 1.17. The molecule has 1 aliphatic heterocycles. The molecule has 2 aromatic rings. The molecule has 1 saturated heterocycles. The predicted molar refractivity (Wildman–Crippen MR) is 103 cm³/mol. The van der Waals surface area contributed by atoms with Crippen LogP contribution in [0.25, 0.3) is 0 Å². The van der Waals surface area contributed by atoms with Gasteiger partial charge < -0.3 is 9.80 Å². The molecule has 2 N–H and O–H groups in total. The van der Waals surface area contributed by atoms with E-state index in [-0.39, 0.29) is 23.8 Å². The average Bonchev–Trinajstić information content (AvgIpc) is 2.69. The van der Waals surface area contributed by atoms with Gasteiger partial charge in [-0.3, -0.25) is 4.79 Å². The van der Waals surface area contributed by atoms with Gasteiger partial charge in [-0.1, -0.05) is 11.6 Å². The number of benzene rings is 1. The third-order valence-electron chi connectivity index (χ3n) is 4.45. The topological polar surface area (TPSA) is 83.9 Å². The van der Waals surface area contributed by atoms with Gasteiger partial charge in [0.2, 0.25) is 15.9 Å². The van der Waals surface area contributed by atoms with Crippen LogP contribution in [-0.2, 0) is 14.8 Å². The molecule has 0 unspecified atom stereocenters. The molecule has 0 saturated carbocycles. The summed E-state index contributed by atoms with van der Waals surface area (Å²) >= 11 is 5.77. The average molecular weight is 410 g/mol. The van der Waals surface area contributed by atoms with Crippen molar-refractivity contribution in [3.8, 4) is 0 Å². The van der Waals surface area contributed by atoms with E-state index in [1.165, 1.54) is 24.3 Å². The van der Waals surface area contributed by atoms with Crippen LogP contribution in [0.3, 0.4) is 0 Å². The minimum Gasteiger partial charge on any atom is -0.368 e. The van der Waals surface area contributed by atoms with Crippen molar-refractivity contribution in [1.29, 1.82) is 0 Å². The molecule has 0 atom stereocenters. The highest BCUT2D eigenvalue weighted by atomic mass is 35.5. The number of rotatable bonds is 6. The summed E-state index contributed by atoms with van der Waals surface area (Å²) in [6.07, 6.45) is 3.88.